The van der Waals surface area contributed by atoms with Gasteiger partial charge >= 0.3 is 0 Å². The van der Waals surface area contributed by atoms with Gasteiger partial charge in [-0.05, 0) is 35.2 Å². The van der Waals surface area contributed by atoms with E-state index >= 15 is 0 Å². The van der Waals surface area contributed by atoms with Crippen LogP contribution in [0, 0.1) is 0 Å². The molecule has 1 heterocycles. The number of ether oxygens (including phenoxy) is 1. The Labute approximate surface area is 215 Å². The van der Waals surface area contributed by atoms with Gasteiger partial charge in [0, 0.05) is 11.3 Å². The number of hydrogen-bond donors (Lipinski definition) is 0. The third-order valence-electron chi connectivity index (χ3n) is 5.23. The Morgan fingerprint density at radius 1 is 0.882 bits per heavy atom. The van der Waals surface area contributed by atoms with Crippen LogP contribution in [0.2, 0.25) is 0 Å². The van der Waals surface area contributed by atoms with Crippen LogP contribution in [0.5, 0.6) is 5.75 Å². The van der Waals surface area contributed by atoms with E-state index in [9.17, 15) is 4.79 Å². The average Bonchev–Trinajstić information content (AvgIpc) is 3.25. The quantitative estimate of drug-likeness (QED) is 0.185. The molecule has 34 heavy (non-hydrogen) atoms. The van der Waals surface area contributed by atoms with Crippen molar-refractivity contribution in [2.75, 3.05) is 5.75 Å². The van der Waals surface area contributed by atoms with E-state index in [4.69, 9.17) is 4.74 Å². The zero-order valence-corrected chi connectivity index (χ0v) is 22.0. The first-order valence-electron chi connectivity index (χ1n) is 10.9. The van der Waals surface area contributed by atoms with Crippen LogP contribution in [0.25, 0.3) is 5.69 Å². The monoisotopic (exact) mass is 537 g/mol. The van der Waals surface area contributed by atoms with Gasteiger partial charge < -0.3 is 4.74 Å². The molecule has 0 aliphatic rings. The maximum Gasteiger partial charge on any atom is 0.196 e. The van der Waals surface area contributed by atoms with Crippen LogP contribution in [-0.4, -0.2) is 26.3 Å². The summed E-state index contributed by atoms with van der Waals surface area (Å²) in [5, 5.41) is 9.39. The molecule has 0 N–H and O–H groups in total. The number of para-hydroxylation sites is 1. The third kappa shape index (κ3) is 6.36. The van der Waals surface area contributed by atoms with E-state index in [-0.39, 0.29) is 40.5 Å². The zero-order chi connectivity index (χ0) is 23.3. The van der Waals surface area contributed by atoms with Gasteiger partial charge in [0.25, 0.3) is 0 Å². The second kappa shape index (κ2) is 11.5. The topological polar surface area (TPSA) is 57.0 Å². The Bertz CT molecular complexity index is 1200. The number of halogens is 1. The molecule has 0 radical (unpaired) electrons. The fourth-order valence-electron chi connectivity index (χ4n) is 3.36. The number of rotatable bonds is 8. The van der Waals surface area contributed by atoms with Gasteiger partial charge in [-0.1, -0.05) is 93.2 Å². The van der Waals surface area contributed by atoms with Gasteiger partial charge in [-0.15, -0.1) is 27.2 Å². The Morgan fingerprint density at radius 3 is 2.12 bits per heavy atom. The maximum absolute atomic E-state index is 12.6. The molecule has 4 rings (SSSR count). The van der Waals surface area contributed by atoms with Gasteiger partial charge in [0.05, 0.1) is 5.75 Å². The molecule has 0 saturated heterocycles. The summed E-state index contributed by atoms with van der Waals surface area (Å²) in [6, 6.07) is 27.3. The molecule has 5 nitrogen and oxygen atoms in total. The minimum Gasteiger partial charge on any atom is -0.486 e. The summed E-state index contributed by atoms with van der Waals surface area (Å²) in [5.41, 5.74) is 2.97. The molecule has 176 valence electrons. The lowest BCUT2D eigenvalue weighted by molar-refractivity contribution is 0.102. The normalized spacial score (nSPS) is 11.0. The van der Waals surface area contributed by atoms with Gasteiger partial charge in [0.1, 0.15) is 12.4 Å². The molecule has 0 fully saturated rings. The number of thioether (sulfide) groups is 1. The summed E-state index contributed by atoms with van der Waals surface area (Å²) in [6.07, 6.45) is 0. The van der Waals surface area contributed by atoms with Crippen LogP contribution in [0.1, 0.15) is 42.5 Å². The van der Waals surface area contributed by atoms with Crippen molar-refractivity contribution in [3.63, 3.8) is 0 Å². The molecule has 0 saturated carbocycles. The third-order valence-corrected chi connectivity index (χ3v) is 6.16. The highest BCUT2D eigenvalue weighted by Gasteiger charge is 2.17. The maximum atomic E-state index is 12.6. The van der Waals surface area contributed by atoms with Crippen LogP contribution in [0.15, 0.2) is 90.1 Å². The van der Waals surface area contributed by atoms with Crippen molar-refractivity contribution >= 4 is 34.5 Å². The molecule has 7 heteroatoms. The number of Topliss-reactive ketones (excluding diaryl/α,β-unsaturated/α-hetero) is 1. The van der Waals surface area contributed by atoms with Crippen LogP contribution < -0.4 is 4.74 Å². The van der Waals surface area contributed by atoms with E-state index in [1.54, 1.807) is 0 Å². The number of carbonyl (C=O) groups excluding carboxylic acids is 1. The van der Waals surface area contributed by atoms with Crippen LogP contribution in [0.3, 0.4) is 0 Å². The lowest BCUT2D eigenvalue weighted by atomic mass is 9.87. The Kier molecular flexibility index (Phi) is 8.69. The number of aromatic nitrogens is 3. The predicted molar refractivity (Wildman–Crippen MR) is 143 cm³/mol. The van der Waals surface area contributed by atoms with Gasteiger partial charge in [-0.25, -0.2) is 0 Å². The summed E-state index contributed by atoms with van der Waals surface area (Å²) in [4.78, 5) is 12.6. The Morgan fingerprint density at radius 2 is 1.50 bits per heavy atom. The number of benzene rings is 3. The van der Waals surface area contributed by atoms with Crippen molar-refractivity contribution in [2.45, 2.75) is 37.9 Å². The first kappa shape index (κ1) is 25.7. The lowest BCUT2D eigenvalue weighted by Gasteiger charge is -2.19. The lowest BCUT2D eigenvalue weighted by Crippen LogP contribution is -2.11. The molecule has 1 aromatic heterocycles. The van der Waals surface area contributed by atoms with Crippen molar-refractivity contribution in [1.82, 2.24) is 14.8 Å². The van der Waals surface area contributed by atoms with Gasteiger partial charge in [-0.2, -0.15) is 0 Å². The minimum absolute atomic E-state index is 0. The Balaban J connectivity index is 0.00000324. The number of hydrogen-bond acceptors (Lipinski definition) is 5. The smallest absolute Gasteiger partial charge is 0.196 e. The fraction of sp³-hybridized carbons (Fsp3) is 0.222. The fourth-order valence-corrected chi connectivity index (χ4v) is 4.23. The second-order valence-electron chi connectivity index (χ2n) is 8.71. The minimum atomic E-state index is 0. The van der Waals surface area contributed by atoms with Gasteiger partial charge in [0.2, 0.25) is 0 Å². The molecule has 0 amide bonds. The van der Waals surface area contributed by atoms with Crippen molar-refractivity contribution in [2.24, 2.45) is 0 Å². The summed E-state index contributed by atoms with van der Waals surface area (Å²) < 4.78 is 7.98. The molecular weight excluding hydrogens is 510 g/mol. The van der Waals surface area contributed by atoms with Crippen LogP contribution in [-0.2, 0) is 12.0 Å². The molecule has 0 aliphatic heterocycles. The van der Waals surface area contributed by atoms with Crippen molar-refractivity contribution in [3.05, 3.63) is 102 Å². The van der Waals surface area contributed by atoms with Crippen molar-refractivity contribution < 1.29 is 9.53 Å². The standard InChI is InChI=1S/C27H27N3O2S.BrH/c1-27(2,3)21-14-16-23(17-15-21)32-18-25-28-29-26(30(25)22-12-8-5-9-13-22)33-19-24(31)20-10-6-4-7-11-20;/h4-17H,18-19H2,1-3H3;1H. The van der Waals surface area contributed by atoms with E-state index in [2.05, 4.69) is 43.1 Å². The largest absolute Gasteiger partial charge is 0.486 e. The molecule has 0 unspecified atom stereocenters. The number of nitrogens with zero attached hydrogens (tertiary/aromatic N) is 3. The highest BCUT2D eigenvalue weighted by molar-refractivity contribution is 8.93. The highest BCUT2D eigenvalue weighted by atomic mass is 79.9. The van der Waals surface area contributed by atoms with Gasteiger partial charge in [-0.3, -0.25) is 9.36 Å². The van der Waals surface area contributed by atoms with E-state index in [0.717, 1.165) is 11.4 Å². The molecule has 0 spiro atoms. The van der Waals surface area contributed by atoms with E-state index in [1.807, 2.05) is 77.4 Å². The summed E-state index contributed by atoms with van der Waals surface area (Å²) in [5.74, 6) is 1.79. The highest BCUT2D eigenvalue weighted by Crippen LogP contribution is 2.26. The summed E-state index contributed by atoms with van der Waals surface area (Å²) in [6.45, 7) is 6.83. The molecule has 0 aliphatic carbocycles. The molecule has 3 aromatic carbocycles. The van der Waals surface area contributed by atoms with Gasteiger partial charge in [0.15, 0.2) is 16.8 Å². The molecular formula is C27H28BrN3O2S. The number of ketones is 1. The molecule has 0 bridgehead atoms. The molecule has 0 atom stereocenters. The second-order valence-corrected chi connectivity index (χ2v) is 9.65. The van der Waals surface area contributed by atoms with Crippen molar-refractivity contribution in [3.8, 4) is 11.4 Å². The van der Waals surface area contributed by atoms with Crippen LogP contribution in [0.4, 0.5) is 0 Å². The van der Waals surface area contributed by atoms with E-state index in [1.165, 1.54) is 17.3 Å². The van der Waals surface area contributed by atoms with Crippen molar-refractivity contribution in [1.29, 1.82) is 0 Å². The van der Waals surface area contributed by atoms with Crippen LogP contribution >= 0.6 is 28.7 Å². The Hall–Kier alpha value is -2.90. The van der Waals surface area contributed by atoms with E-state index in [0.29, 0.717) is 16.5 Å². The summed E-state index contributed by atoms with van der Waals surface area (Å²) >= 11 is 1.38. The summed E-state index contributed by atoms with van der Waals surface area (Å²) in [7, 11) is 0. The molecule has 4 aromatic rings. The number of carbonyl (C=O) groups is 1. The first-order valence-corrected chi connectivity index (χ1v) is 11.8. The first-order chi connectivity index (χ1) is 15.9. The van der Waals surface area contributed by atoms with E-state index < -0.39 is 0 Å². The average molecular weight is 539 g/mol. The SMILES string of the molecule is Br.CC(C)(C)c1ccc(OCc2nnc(SCC(=O)c3ccccc3)n2-c2ccccc2)cc1. The predicted octanol–water partition coefficient (Wildman–Crippen LogP) is 6.70. The zero-order valence-electron chi connectivity index (χ0n) is 19.5.